The fourth-order valence-corrected chi connectivity index (χ4v) is 0.815. The standard InChI is InChI=1S/C11H21NO3/c1-5-15-10(14)7-6-8-12-11(3,4)9(2)13/h6-7,9,12-13H,5,8H2,1-4H3/b7-6+. The van der Waals surface area contributed by atoms with Crippen molar-refractivity contribution in [1.82, 2.24) is 5.32 Å². The molecule has 0 aliphatic carbocycles. The molecular formula is C11H21NO3. The zero-order valence-corrected chi connectivity index (χ0v) is 9.91. The molecule has 2 N–H and O–H groups in total. The highest BCUT2D eigenvalue weighted by atomic mass is 16.5. The first-order valence-corrected chi connectivity index (χ1v) is 5.16. The van der Waals surface area contributed by atoms with Gasteiger partial charge in [0.1, 0.15) is 0 Å². The van der Waals surface area contributed by atoms with E-state index in [1.807, 2.05) is 13.8 Å². The number of esters is 1. The second-order valence-electron chi connectivity index (χ2n) is 3.93. The molecule has 0 heterocycles. The normalized spacial score (nSPS) is 14.2. The van der Waals surface area contributed by atoms with Gasteiger partial charge in [-0.3, -0.25) is 0 Å². The van der Waals surface area contributed by atoms with Crippen molar-refractivity contribution < 1.29 is 14.6 Å². The van der Waals surface area contributed by atoms with Gasteiger partial charge in [0.2, 0.25) is 0 Å². The van der Waals surface area contributed by atoms with Crippen LogP contribution in [0.1, 0.15) is 27.7 Å². The SMILES string of the molecule is CCOC(=O)/C=C/CNC(C)(C)C(C)O. The van der Waals surface area contributed by atoms with E-state index < -0.39 is 6.10 Å². The molecule has 0 aliphatic rings. The Morgan fingerprint density at radius 3 is 2.67 bits per heavy atom. The maximum atomic E-state index is 10.9. The van der Waals surface area contributed by atoms with Gasteiger partial charge in [-0.05, 0) is 27.7 Å². The number of carbonyl (C=O) groups excluding carboxylic acids is 1. The van der Waals surface area contributed by atoms with Crippen LogP contribution >= 0.6 is 0 Å². The average Bonchev–Trinajstić information content (AvgIpc) is 2.13. The molecule has 0 fully saturated rings. The first-order valence-electron chi connectivity index (χ1n) is 5.16. The lowest BCUT2D eigenvalue weighted by Gasteiger charge is -2.28. The summed E-state index contributed by atoms with van der Waals surface area (Å²) in [6.07, 6.45) is 2.62. The molecule has 0 aliphatic heterocycles. The van der Waals surface area contributed by atoms with Crippen LogP contribution in [0.25, 0.3) is 0 Å². The molecule has 0 aromatic heterocycles. The molecule has 0 radical (unpaired) electrons. The zero-order valence-electron chi connectivity index (χ0n) is 9.91. The minimum absolute atomic E-state index is 0.339. The first kappa shape index (κ1) is 14.1. The third-order valence-electron chi connectivity index (χ3n) is 2.26. The van der Waals surface area contributed by atoms with Crippen LogP contribution in [0.4, 0.5) is 0 Å². The van der Waals surface area contributed by atoms with E-state index in [-0.39, 0.29) is 11.5 Å². The van der Waals surface area contributed by atoms with Crippen LogP contribution in [0.5, 0.6) is 0 Å². The molecule has 0 bridgehead atoms. The molecule has 88 valence electrons. The highest BCUT2D eigenvalue weighted by Gasteiger charge is 2.21. The van der Waals surface area contributed by atoms with Gasteiger partial charge < -0.3 is 15.2 Å². The van der Waals surface area contributed by atoms with Crippen LogP contribution in [0, 0.1) is 0 Å². The number of aliphatic hydroxyl groups excluding tert-OH is 1. The summed E-state index contributed by atoms with van der Waals surface area (Å²) in [4.78, 5) is 10.9. The van der Waals surface area contributed by atoms with Crippen LogP contribution in [-0.2, 0) is 9.53 Å². The minimum Gasteiger partial charge on any atom is -0.463 e. The molecule has 0 rings (SSSR count). The predicted molar refractivity (Wildman–Crippen MR) is 59.5 cm³/mol. The van der Waals surface area contributed by atoms with Crippen molar-refractivity contribution >= 4 is 5.97 Å². The lowest BCUT2D eigenvalue weighted by atomic mass is 9.99. The van der Waals surface area contributed by atoms with Gasteiger partial charge >= 0.3 is 5.97 Å². The van der Waals surface area contributed by atoms with Crippen molar-refractivity contribution in [2.75, 3.05) is 13.2 Å². The highest BCUT2D eigenvalue weighted by molar-refractivity contribution is 5.81. The Balaban J connectivity index is 3.83. The lowest BCUT2D eigenvalue weighted by Crippen LogP contribution is -2.48. The van der Waals surface area contributed by atoms with E-state index in [9.17, 15) is 9.90 Å². The molecular weight excluding hydrogens is 194 g/mol. The van der Waals surface area contributed by atoms with E-state index in [0.29, 0.717) is 13.2 Å². The van der Waals surface area contributed by atoms with Crippen molar-refractivity contribution in [2.45, 2.75) is 39.3 Å². The largest absolute Gasteiger partial charge is 0.463 e. The van der Waals surface area contributed by atoms with Crippen molar-refractivity contribution in [2.24, 2.45) is 0 Å². The summed E-state index contributed by atoms with van der Waals surface area (Å²) in [5, 5.41) is 12.5. The Morgan fingerprint density at radius 1 is 1.60 bits per heavy atom. The summed E-state index contributed by atoms with van der Waals surface area (Å²) in [7, 11) is 0. The van der Waals surface area contributed by atoms with E-state index in [0.717, 1.165) is 0 Å². The smallest absolute Gasteiger partial charge is 0.330 e. The number of carbonyl (C=O) groups is 1. The minimum atomic E-state index is -0.450. The topological polar surface area (TPSA) is 58.6 Å². The molecule has 0 amide bonds. The summed E-state index contributed by atoms with van der Waals surface area (Å²) >= 11 is 0. The lowest BCUT2D eigenvalue weighted by molar-refractivity contribution is -0.137. The predicted octanol–water partition coefficient (Wildman–Crippen LogP) is 0.855. The molecule has 0 saturated carbocycles. The Bertz CT molecular complexity index is 222. The summed E-state index contributed by atoms with van der Waals surface area (Å²) in [5.41, 5.74) is -0.362. The third kappa shape index (κ3) is 6.25. The molecule has 0 aromatic rings. The van der Waals surface area contributed by atoms with Crippen LogP contribution in [0.15, 0.2) is 12.2 Å². The van der Waals surface area contributed by atoms with Gasteiger partial charge in [-0.15, -0.1) is 0 Å². The average molecular weight is 215 g/mol. The fourth-order valence-electron chi connectivity index (χ4n) is 0.815. The van der Waals surface area contributed by atoms with E-state index >= 15 is 0 Å². The summed E-state index contributed by atoms with van der Waals surface area (Å²) in [6, 6.07) is 0. The summed E-state index contributed by atoms with van der Waals surface area (Å²) in [5.74, 6) is -0.339. The molecule has 1 unspecified atom stereocenters. The van der Waals surface area contributed by atoms with Crippen LogP contribution < -0.4 is 5.32 Å². The number of nitrogens with one attached hydrogen (secondary N) is 1. The molecule has 15 heavy (non-hydrogen) atoms. The quantitative estimate of drug-likeness (QED) is 0.509. The van der Waals surface area contributed by atoms with Gasteiger partial charge in [-0.25, -0.2) is 4.79 Å². The van der Waals surface area contributed by atoms with Crippen LogP contribution in [-0.4, -0.2) is 35.9 Å². The van der Waals surface area contributed by atoms with Crippen LogP contribution in [0.2, 0.25) is 0 Å². The number of ether oxygens (including phenoxy) is 1. The molecule has 4 heteroatoms. The summed E-state index contributed by atoms with van der Waals surface area (Å²) in [6.45, 7) is 8.20. The number of rotatable bonds is 6. The third-order valence-corrected chi connectivity index (χ3v) is 2.26. The van der Waals surface area contributed by atoms with Crippen molar-refractivity contribution in [3.05, 3.63) is 12.2 Å². The first-order chi connectivity index (χ1) is 6.90. The van der Waals surface area contributed by atoms with Crippen molar-refractivity contribution in [3.8, 4) is 0 Å². The van der Waals surface area contributed by atoms with Gasteiger partial charge in [0.05, 0.1) is 12.7 Å². The second-order valence-corrected chi connectivity index (χ2v) is 3.93. The maximum Gasteiger partial charge on any atom is 0.330 e. The van der Waals surface area contributed by atoms with Gasteiger partial charge in [-0.1, -0.05) is 6.08 Å². The Kier molecular flexibility index (Phi) is 6.20. The van der Waals surface area contributed by atoms with Crippen LogP contribution in [0.3, 0.4) is 0 Å². The van der Waals surface area contributed by atoms with E-state index in [4.69, 9.17) is 4.74 Å². The van der Waals surface area contributed by atoms with Crippen molar-refractivity contribution in [1.29, 1.82) is 0 Å². The highest BCUT2D eigenvalue weighted by Crippen LogP contribution is 2.07. The molecule has 0 saturated heterocycles. The fraction of sp³-hybridized carbons (Fsp3) is 0.727. The maximum absolute atomic E-state index is 10.9. The molecule has 0 aromatic carbocycles. The van der Waals surface area contributed by atoms with E-state index in [1.54, 1.807) is 19.9 Å². The zero-order chi connectivity index (χ0) is 11.9. The van der Waals surface area contributed by atoms with Gasteiger partial charge in [-0.2, -0.15) is 0 Å². The molecule has 0 spiro atoms. The number of hydrogen-bond donors (Lipinski definition) is 2. The Morgan fingerprint density at radius 2 is 2.20 bits per heavy atom. The number of aliphatic hydroxyl groups is 1. The van der Waals surface area contributed by atoms with Crippen molar-refractivity contribution in [3.63, 3.8) is 0 Å². The van der Waals surface area contributed by atoms with Gasteiger partial charge in [0, 0.05) is 18.2 Å². The monoisotopic (exact) mass is 215 g/mol. The number of hydrogen-bond acceptors (Lipinski definition) is 4. The van der Waals surface area contributed by atoms with E-state index in [2.05, 4.69) is 5.32 Å². The van der Waals surface area contributed by atoms with Gasteiger partial charge in [0.15, 0.2) is 0 Å². The Labute approximate surface area is 91.3 Å². The van der Waals surface area contributed by atoms with E-state index in [1.165, 1.54) is 6.08 Å². The molecule has 4 nitrogen and oxygen atoms in total. The second kappa shape index (κ2) is 6.58. The van der Waals surface area contributed by atoms with Gasteiger partial charge in [0.25, 0.3) is 0 Å². The molecule has 1 atom stereocenters. The Hall–Kier alpha value is -0.870. The summed E-state index contributed by atoms with van der Waals surface area (Å²) < 4.78 is 4.72.